The molecule has 6 rings (SSSR count). The number of nitrogens with two attached hydrogens (primary N) is 1. The summed E-state index contributed by atoms with van der Waals surface area (Å²) in [6, 6.07) is 9.30. The third kappa shape index (κ3) is 4.67. The molecule has 1 aliphatic heterocycles. The summed E-state index contributed by atoms with van der Waals surface area (Å²) in [4.78, 5) is 40.1. The molecule has 0 spiro atoms. The van der Waals surface area contributed by atoms with Crippen molar-refractivity contribution < 1.29 is 24.5 Å². The van der Waals surface area contributed by atoms with Gasteiger partial charge in [-0.1, -0.05) is 24.1 Å². The minimum atomic E-state index is -1.43. The molecule has 3 fully saturated rings. The molecule has 38 heavy (non-hydrogen) atoms. The molecular weight excluding hydrogens is 490 g/mol. The Kier molecular flexibility index (Phi) is 6.19. The van der Waals surface area contributed by atoms with Gasteiger partial charge in [-0.05, 0) is 43.7 Å². The first-order chi connectivity index (χ1) is 18.4. The second-order valence-electron chi connectivity index (χ2n) is 9.80. The Balaban J connectivity index is 1.23. The number of amides is 2. The average Bonchev–Trinajstić information content (AvgIpc) is 3.85. The Morgan fingerprint density at radius 3 is 2.61 bits per heavy atom. The molecule has 4 atom stereocenters. The van der Waals surface area contributed by atoms with Crippen LogP contribution in [0, 0.1) is 11.8 Å². The molecule has 2 aromatic heterocycles. The number of carbonyl (C=O) groups excluding carboxylic acids is 2. The van der Waals surface area contributed by atoms with Crippen molar-refractivity contribution in [3.05, 3.63) is 48.0 Å². The van der Waals surface area contributed by atoms with Gasteiger partial charge in [-0.25, -0.2) is 15.0 Å². The number of hydrogen-bond donors (Lipinski definition) is 4. The number of imidazole rings is 1. The van der Waals surface area contributed by atoms with E-state index in [2.05, 4.69) is 32.1 Å². The minimum Gasteiger partial charge on any atom is -0.387 e. The summed E-state index contributed by atoms with van der Waals surface area (Å²) in [6.07, 6.45) is -0.182. The van der Waals surface area contributed by atoms with E-state index in [1.54, 1.807) is 17.0 Å². The van der Waals surface area contributed by atoms with Gasteiger partial charge in [0, 0.05) is 17.6 Å². The number of fused-ring (bicyclic) bond motifs is 1. The number of nitrogens with one attached hydrogen (secondary N) is 1. The maximum atomic E-state index is 13.0. The van der Waals surface area contributed by atoms with E-state index < -0.39 is 30.4 Å². The van der Waals surface area contributed by atoms with E-state index in [9.17, 15) is 19.8 Å². The smallest absolute Gasteiger partial charge is 0.254 e. The monoisotopic (exact) mass is 517 g/mol. The highest BCUT2D eigenvalue weighted by molar-refractivity contribution is 5.94. The molecule has 0 unspecified atom stereocenters. The van der Waals surface area contributed by atoms with Crippen LogP contribution in [-0.2, 0) is 9.53 Å². The number of rotatable bonds is 6. The molecule has 1 aromatic carbocycles. The number of nitrogens with zero attached hydrogens (tertiary/aromatic N) is 5. The molecule has 12 heteroatoms. The molecule has 5 N–H and O–H groups in total. The molecule has 0 radical (unpaired) electrons. The predicted molar refractivity (Wildman–Crippen MR) is 134 cm³/mol. The van der Waals surface area contributed by atoms with Crippen LogP contribution < -0.4 is 11.1 Å². The van der Waals surface area contributed by atoms with Crippen molar-refractivity contribution >= 4 is 28.8 Å². The zero-order valence-corrected chi connectivity index (χ0v) is 20.4. The largest absolute Gasteiger partial charge is 0.387 e. The Bertz CT molecular complexity index is 1440. The number of aliphatic hydroxyl groups is 2. The maximum Gasteiger partial charge on any atom is 0.254 e. The number of aliphatic hydroxyl groups excluding tert-OH is 2. The van der Waals surface area contributed by atoms with Gasteiger partial charge in [-0.15, -0.1) is 0 Å². The lowest BCUT2D eigenvalue weighted by atomic mass is 10.1. The predicted octanol–water partition coefficient (Wildman–Crippen LogP) is -0.0374. The van der Waals surface area contributed by atoms with E-state index in [1.165, 1.54) is 10.9 Å². The van der Waals surface area contributed by atoms with Crippen LogP contribution >= 0.6 is 0 Å². The van der Waals surface area contributed by atoms with Gasteiger partial charge in [0.1, 0.15) is 17.7 Å². The van der Waals surface area contributed by atoms with Crippen LogP contribution in [0.3, 0.4) is 0 Å². The molecule has 196 valence electrons. The van der Waals surface area contributed by atoms with Crippen molar-refractivity contribution in [3.8, 4) is 11.8 Å². The van der Waals surface area contributed by atoms with Crippen LogP contribution in [0.2, 0.25) is 0 Å². The zero-order chi connectivity index (χ0) is 26.4. The number of carbonyl (C=O) groups is 2. The molecule has 0 bridgehead atoms. The fourth-order valence-electron chi connectivity index (χ4n) is 4.50. The first-order valence-corrected chi connectivity index (χ1v) is 12.6. The number of anilines is 1. The number of hydrogen-bond acceptors (Lipinski definition) is 9. The maximum absolute atomic E-state index is 13.0. The quantitative estimate of drug-likeness (QED) is 0.328. The molecule has 2 saturated carbocycles. The normalized spacial score (nSPS) is 24.6. The fraction of sp³-hybridized carbons (Fsp3) is 0.423. The number of nitrogen functional groups attached to an aromatic ring is 1. The van der Waals surface area contributed by atoms with Gasteiger partial charge < -0.3 is 30.9 Å². The van der Waals surface area contributed by atoms with Gasteiger partial charge in [0.25, 0.3) is 11.8 Å². The highest BCUT2D eigenvalue weighted by Gasteiger charge is 2.48. The third-order valence-electron chi connectivity index (χ3n) is 6.86. The topological polar surface area (TPSA) is 169 Å². The second kappa shape index (κ2) is 9.68. The lowest BCUT2D eigenvalue weighted by Gasteiger charge is -2.19. The van der Waals surface area contributed by atoms with Crippen LogP contribution in [0.5, 0.6) is 0 Å². The summed E-state index contributed by atoms with van der Waals surface area (Å²) in [5.74, 6) is 5.48. The lowest BCUT2D eigenvalue weighted by Crippen LogP contribution is -2.43. The van der Waals surface area contributed by atoms with E-state index in [0.717, 1.165) is 25.7 Å². The van der Waals surface area contributed by atoms with Crippen molar-refractivity contribution in [2.24, 2.45) is 0 Å². The molecule has 3 aliphatic rings. The Labute approximate surface area is 217 Å². The van der Waals surface area contributed by atoms with Crippen molar-refractivity contribution in [2.45, 2.75) is 62.3 Å². The van der Waals surface area contributed by atoms with Gasteiger partial charge >= 0.3 is 0 Å². The molecule has 3 heterocycles. The van der Waals surface area contributed by atoms with Crippen molar-refractivity contribution in [1.29, 1.82) is 0 Å². The van der Waals surface area contributed by atoms with Gasteiger partial charge in [-0.2, -0.15) is 0 Å². The standard InChI is InChI=1S/C26H27N7O5/c27-22-18-23(33(13-28-18)26-20(35)19(34)21(38-26)24(36)29-15-8-9-15)31-17(30-22)7-4-12-32(16-10-11-16)25(37)14-5-2-1-3-6-14/h1-3,5-6,13,15-16,19-21,26,34-35H,8-12H2,(H,29,36)(H2,27,30,31)/t19-,20+,21-,26+/m0/s1. The highest BCUT2D eigenvalue weighted by atomic mass is 16.6. The lowest BCUT2D eigenvalue weighted by molar-refractivity contribution is -0.137. The number of aromatic nitrogens is 4. The summed E-state index contributed by atoms with van der Waals surface area (Å²) in [5.41, 5.74) is 7.22. The summed E-state index contributed by atoms with van der Waals surface area (Å²) >= 11 is 0. The van der Waals surface area contributed by atoms with Gasteiger partial charge in [0.2, 0.25) is 5.82 Å². The molecule has 3 aromatic rings. The Morgan fingerprint density at radius 1 is 1.13 bits per heavy atom. The Morgan fingerprint density at radius 2 is 1.89 bits per heavy atom. The number of ether oxygens (including phenoxy) is 1. The van der Waals surface area contributed by atoms with Crippen LogP contribution in [0.4, 0.5) is 5.82 Å². The van der Waals surface area contributed by atoms with Crippen LogP contribution in [0.15, 0.2) is 36.7 Å². The third-order valence-corrected chi connectivity index (χ3v) is 6.86. The Hall–Kier alpha value is -4.05. The zero-order valence-electron chi connectivity index (χ0n) is 20.4. The number of benzene rings is 1. The van der Waals surface area contributed by atoms with Crippen LogP contribution in [0.25, 0.3) is 11.2 Å². The SMILES string of the molecule is Nc1nc(C#CCN(C(=O)c2ccccc2)C2CC2)nc2c1ncn2[C@@H]1O[C@H](C(=O)NC2CC2)[C@@H](O)[C@H]1O. The van der Waals surface area contributed by atoms with Crippen molar-refractivity contribution in [2.75, 3.05) is 12.3 Å². The van der Waals surface area contributed by atoms with E-state index >= 15 is 0 Å². The van der Waals surface area contributed by atoms with Crippen molar-refractivity contribution in [3.63, 3.8) is 0 Å². The molecule has 2 amide bonds. The molecule has 1 saturated heterocycles. The summed E-state index contributed by atoms with van der Waals surface area (Å²) < 4.78 is 7.16. The first-order valence-electron chi connectivity index (χ1n) is 12.6. The molecule has 12 nitrogen and oxygen atoms in total. The molecule has 2 aliphatic carbocycles. The van der Waals surface area contributed by atoms with E-state index in [1.807, 2.05) is 18.2 Å². The highest BCUT2D eigenvalue weighted by Crippen LogP contribution is 2.33. The van der Waals surface area contributed by atoms with Gasteiger partial charge in [-0.3, -0.25) is 14.2 Å². The summed E-state index contributed by atoms with van der Waals surface area (Å²) in [5, 5.41) is 23.9. The second-order valence-corrected chi connectivity index (χ2v) is 9.80. The van der Waals surface area contributed by atoms with Crippen molar-refractivity contribution in [1.82, 2.24) is 29.7 Å². The minimum absolute atomic E-state index is 0.0773. The van der Waals surface area contributed by atoms with E-state index in [4.69, 9.17) is 10.5 Å². The average molecular weight is 518 g/mol. The van der Waals surface area contributed by atoms with E-state index in [-0.39, 0.29) is 47.3 Å². The summed E-state index contributed by atoms with van der Waals surface area (Å²) in [7, 11) is 0. The van der Waals surface area contributed by atoms with Gasteiger partial charge in [0.05, 0.1) is 12.9 Å². The first kappa shape index (κ1) is 24.3. The summed E-state index contributed by atoms with van der Waals surface area (Å²) in [6.45, 7) is 0.202. The van der Waals surface area contributed by atoms with E-state index in [0.29, 0.717) is 5.56 Å². The molecular formula is C26H27N7O5. The fourth-order valence-corrected chi connectivity index (χ4v) is 4.50. The van der Waals surface area contributed by atoms with Crippen LogP contribution in [-0.4, -0.2) is 83.4 Å². The van der Waals surface area contributed by atoms with Crippen LogP contribution in [0.1, 0.15) is 48.1 Å². The van der Waals surface area contributed by atoms with Gasteiger partial charge in [0.15, 0.2) is 23.8 Å².